The van der Waals surface area contributed by atoms with Gasteiger partial charge in [0.25, 0.3) is 0 Å². The molecule has 0 spiro atoms. The maximum atomic E-state index is 12.8. The van der Waals surface area contributed by atoms with Gasteiger partial charge in [0.1, 0.15) is 6.10 Å². The van der Waals surface area contributed by atoms with Gasteiger partial charge < -0.3 is 9.84 Å². The van der Waals surface area contributed by atoms with Crippen LogP contribution in [0.4, 0.5) is 4.79 Å². The van der Waals surface area contributed by atoms with Gasteiger partial charge in [0.15, 0.2) is 0 Å². The molecule has 1 N–H and O–H groups in total. The van der Waals surface area contributed by atoms with Crippen LogP contribution in [0, 0.1) is 5.92 Å². The second kappa shape index (κ2) is 7.70. The average Bonchev–Trinajstić information content (AvgIpc) is 2.96. The molecule has 0 aromatic heterocycles. The highest BCUT2D eigenvalue weighted by Crippen LogP contribution is 2.33. The van der Waals surface area contributed by atoms with E-state index >= 15 is 0 Å². The van der Waals surface area contributed by atoms with E-state index in [0.29, 0.717) is 6.42 Å². The van der Waals surface area contributed by atoms with Crippen molar-refractivity contribution in [3.8, 4) is 0 Å². The lowest BCUT2D eigenvalue weighted by atomic mass is 9.95. The van der Waals surface area contributed by atoms with Crippen LogP contribution < -0.4 is 0 Å². The highest BCUT2D eigenvalue weighted by atomic mass is 16.6. The first kappa shape index (κ1) is 18.1. The third-order valence-electron chi connectivity index (χ3n) is 4.89. The molecule has 0 unspecified atom stereocenters. The Hall–Kier alpha value is -2.66. The Morgan fingerprint density at radius 3 is 2.31 bits per heavy atom. The van der Waals surface area contributed by atoms with Gasteiger partial charge in [-0.1, -0.05) is 67.6 Å². The van der Waals surface area contributed by atoms with Crippen LogP contribution in [0.3, 0.4) is 0 Å². The summed E-state index contributed by atoms with van der Waals surface area (Å²) in [4.78, 5) is 26.3. The van der Waals surface area contributed by atoms with Crippen molar-refractivity contribution >= 4 is 12.0 Å². The zero-order valence-electron chi connectivity index (χ0n) is 14.9. The number of amides is 2. The molecular formula is C21H23NO4. The molecule has 136 valence electrons. The van der Waals surface area contributed by atoms with Gasteiger partial charge >= 0.3 is 6.09 Å². The highest BCUT2D eigenvalue weighted by Gasteiger charge is 2.45. The van der Waals surface area contributed by atoms with Crippen molar-refractivity contribution in [3.05, 3.63) is 71.8 Å². The molecule has 5 heteroatoms. The average molecular weight is 353 g/mol. The largest absolute Gasteiger partial charge is 0.439 e. The first-order valence-corrected chi connectivity index (χ1v) is 8.79. The van der Waals surface area contributed by atoms with Crippen molar-refractivity contribution in [2.75, 3.05) is 0 Å². The molecule has 0 bridgehead atoms. The second-order valence-electron chi connectivity index (χ2n) is 6.71. The molecule has 0 saturated carbocycles. The summed E-state index contributed by atoms with van der Waals surface area (Å²) in [5.74, 6) is -1.12. The van der Waals surface area contributed by atoms with E-state index in [1.807, 2.05) is 60.7 Å². The molecule has 0 radical (unpaired) electrons. The molecule has 2 amide bonds. The fraction of sp³-hybridized carbons (Fsp3) is 0.333. The van der Waals surface area contributed by atoms with Crippen LogP contribution in [0.2, 0.25) is 0 Å². The van der Waals surface area contributed by atoms with E-state index in [0.717, 1.165) is 16.0 Å². The van der Waals surface area contributed by atoms with Crippen LogP contribution in [-0.4, -0.2) is 34.2 Å². The molecule has 26 heavy (non-hydrogen) atoms. The summed E-state index contributed by atoms with van der Waals surface area (Å²) in [5.41, 5.74) is 1.79. The van der Waals surface area contributed by atoms with Crippen molar-refractivity contribution < 1.29 is 19.4 Å². The summed E-state index contributed by atoms with van der Waals surface area (Å²) in [7, 11) is 0. The predicted octanol–water partition coefficient (Wildman–Crippen LogP) is 3.33. The normalized spacial score (nSPS) is 22.0. The van der Waals surface area contributed by atoms with Gasteiger partial charge in [0.05, 0.1) is 18.1 Å². The van der Waals surface area contributed by atoms with Gasteiger partial charge in [-0.2, -0.15) is 0 Å². The Bertz CT molecular complexity index is 762. The number of cyclic esters (lactones) is 1. The number of imide groups is 1. The van der Waals surface area contributed by atoms with Crippen LogP contribution >= 0.6 is 0 Å². The molecule has 1 aliphatic heterocycles. The molecule has 1 fully saturated rings. The maximum absolute atomic E-state index is 12.8. The number of aliphatic hydroxyl groups excluding tert-OH is 1. The molecular weight excluding hydrogens is 330 g/mol. The molecule has 1 saturated heterocycles. The summed E-state index contributed by atoms with van der Waals surface area (Å²) in [6.45, 7) is 3.43. The molecule has 1 aliphatic rings. The van der Waals surface area contributed by atoms with Gasteiger partial charge in [-0.15, -0.1) is 0 Å². The third kappa shape index (κ3) is 3.63. The number of aliphatic hydroxyl groups is 1. The smallest absolute Gasteiger partial charge is 0.417 e. The quantitative estimate of drug-likeness (QED) is 0.895. The lowest BCUT2D eigenvalue weighted by Crippen LogP contribution is -2.44. The lowest BCUT2D eigenvalue weighted by Gasteiger charge is -2.25. The van der Waals surface area contributed by atoms with Crippen molar-refractivity contribution in [3.63, 3.8) is 0 Å². The standard InChI is InChI=1S/C21H23NO4/c1-14(18(23)13-16-9-5-3-6-10-16)20(24)22-15(2)19(26-21(22)25)17-11-7-4-8-12-17/h3-12,14-15,18-19,23H,13H2,1-2H3/t14-,15-,18+,19-/m1/s1. The third-order valence-corrected chi connectivity index (χ3v) is 4.89. The van der Waals surface area contributed by atoms with Crippen molar-refractivity contribution in [1.82, 2.24) is 4.90 Å². The summed E-state index contributed by atoms with van der Waals surface area (Å²) in [5, 5.41) is 10.5. The zero-order valence-corrected chi connectivity index (χ0v) is 14.9. The minimum Gasteiger partial charge on any atom is -0.439 e. The Morgan fingerprint density at radius 2 is 1.69 bits per heavy atom. The first-order valence-electron chi connectivity index (χ1n) is 8.79. The monoisotopic (exact) mass is 353 g/mol. The number of carbonyl (C=O) groups is 2. The van der Waals surface area contributed by atoms with E-state index in [1.54, 1.807) is 13.8 Å². The molecule has 2 aromatic rings. The lowest BCUT2D eigenvalue weighted by molar-refractivity contribution is -0.136. The number of nitrogens with zero attached hydrogens (tertiary/aromatic N) is 1. The maximum Gasteiger partial charge on any atom is 0.417 e. The molecule has 0 aliphatic carbocycles. The van der Waals surface area contributed by atoms with E-state index in [-0.39, 0.29) is 0 Å². The second-order valence-corrected chi connectivity index (χ2v) is 6.71. The first-order chi connectivity index (χ1) is 12.5. The number of hydrogen-bond acceptors (Lipinski definition) is 4. The number of ether oxygens (including phenoxy) is 1. The van der Waals surface area contributed by atoms with Gasteiger partial charge in [-0.05, 0) is 24.5 Å². The van der Waals surface area contributed by atoms with Gasteiger partial charge in [0.2, 0.25) is 5.91 Å². The summed E-state index contributed by atoms with van der Waals surface area (Å²) in [6.07, 6.45) is -1.67. The Balaban J connectivity index is 1.71. The van der Waals surface area contributed by atoms with Crippen LogP contribution in [0.15, 0.2) is 60.7 Å². The van der Waals surface area contributed by atoms with Crippen LogP contribution in [0.25, 0.3) is 0 Å². The fourth-order valence-electron chi connectivity index (χ4n) is 3.26. The SMILES string of the molecule is C[C@@H]1[C@H](c2ccccc2)OC(=O)N1C(=O)[C@H](C)[C@@H](O)Cc1ccccc1. The topological polar surface area (TPSA) is 66.8 Å². The number of rotatable bonds is 5. The fourth-order valence-corrected chi connectivity index (χ4v) is 3.26. The molecule has 4 atom stereocenters. The van der Waals surface area contributed by atoms with Gasteiger partial charge in [-0.3, -0.25) is 4.79 Å². The van der Waals surface area contributed by atoms with E-state index < -0.39 is 36.2 Å². The van der Waals surface area contributed by atoms with Crippen molar-refractivity contribution in [1.29, 1.82) is 0 Å². The zero-order chi connectivity index (χ0) is 18.7. The molecule has 3 rings (SSSR count). The van der Waals surface area contributed by atoms with E-state index in [9.17, 15) is 14.7 Å². The van der Waals surface area contributed by atoms with E-state index in [4.69, 9.17) is 4.74 Å². The molecule has 5 nitrogen and oxygen atoms in total. The highest BCUT2D eigenvalue weighted by molar-refractivity contribution is 5.95. The number of benzene rings is 2. The predicted molar refractivity (Wildman–Crippen MR) is 97.3 cm³/mol. The van der Waals surface area contributed by atoms with Crippen LogP contribution in [-0.2, 0) is 16.0 Å². The summed E-state index contributed by atoms with van der Waals surface area (Å²) < 4.78 is 5.43. The van der Waals surface area contributed by atoms with Crippen molar-refractivity contribution in [2.24, 2.45) is 5.92 Å². The summed E-state index contributed by atoms with van der Waals surface area (Å²) >= 11 is 0. The van der Waals surface area contributed by atoms with Crippen LogP contribution in [0.1, 0.15) is 31.1 Å². The van der Waals surface area contributed by atoms with Gasteiger partial charge in [-0.25, -0.2) is 9.69 Å². The molecule has 2 aromatic carbocycles. The van der Waals surface area contributed by atoms with E-state index in [1.165, 1.54) is 0 Å². The summed E-state index contributed by atoms with van der Waals surface area (Å²) in [6, 6.07) is 18.4. The Morgan fingerprint density at radius 1 is 1.12 bits per heavy atom. The Labute approximate surface area is 153 Å². The van der Waals surface area contributed by atoms with Gasteiger partial charge in [0, 0.05) is 0 Å². The minimum absolute atomic E-state index is 0.354. The van der Waals surface area contributed by atoms with Crippen LogP contribution in [0.5, 0.6) is 0 Å². The minimum atomic E-state index is -0.874. The number of hydrogen-bond donors (Lipinski definition) is 1. The Kier molecular flexibility index (Phi) is 5.38. The van der Waals surface area contributed by atoms with Crippen molar-refractivity contribution in [2.45, 2.75) is 38.5 Å². The molecule has 1 heterocycles. The number of carbonyl (C=O) groups excluding carboxylic acids is 2. The van der Waals surface area contributed by atoms with E-state index in [2.05, 4.69) is 0 Å².